The molecule has 0 aromatic carbocycles. The second-order valence-electron chi connectivity index (χ2n) is 6.61. The van der Waals surface area contributed by atoms with Gasteiger partial charge in [-0.25, -0.2) is 0 Å². The third-order valence-corrected chi connectivity index (χ3v) is 4.67. The van der Waals surface area contributed by atoms with Crippen LogP contribution in [-0.4, -0.2) is 67.2 Å². The first-order valence-electron chi connectivity index (χ1n) is 8.13. The first-order valence-corrected chi connectivity index (χ1v) is 8.13. The van der Waals surface area contributed by atoms with Crippen molar-refractivity contribution in [2.45, 2.75) is 44.8 Å². The van der Waals surface area contributed by atoms with Crippen LogP contribution in [0.15, 0.2) is 4.99 Å². The molecule has 21 heavy (non-hydrogen) atoms. The predicted molar refractivity (Wildman–Crippen MR) is 96.2 cm³/mol. The van der Waals surface area contributed by atoms with E-state index < -0.39 is 0 Å². The van der Waals surface area contributed by atoms with E-state index in [2.05, 4.69) is 21.7 Å². The van der Waals surface area contributed by atoms with E-state index in [4.69, 9.17) is 10.5 Å². The van der Waals surface area contributed by atoms with Gasteiger partial charge < -0.3 is 15.4 Å². The Balaban J connectivity index is 0.00000161. The topological polar surface area (TPSA) is 54.1 Å². The maximum Gasteiger partial charge on any atom is 0.191 e. The van der Waals surface area contributed by atoms with Crippen LogP contribution in [0.25, 0.3) is 0 Å². The molecular weight excluding hydrogens is 379 g/mol. The highest BCUT2D eigenvalue weighted by Gasteiger charge is 2.32. The van der Waals surface area contributed by atoms with Crippen molar-refractivity contribution in [2.75, 3.05) is 39.3 Å². The van der Waals surface area contributed by atoms with Gasteiger partial charge in [0.2, 0.25) is 0 Å². The zero-order chi connectivity index (χ0) is 13.9. The van der Waals surface area contributed by atoms with Gasteiger partial charge in [-0.3, -0.25) is 9.89 Å². The van der Waals surface area contributed by atoms with Crippen molar-refractivity contribution < 1.29 is 4.74 Å². The first-order chi connectivity index (χ1) is 9.72. The Morgan fingerprint density at radius 1 is 1.24 bits per heavy atom. The van der Waals surface area contributed by atoms with Gasteiger partial charge in [0.15, 0.2) is 5.96 Å². The van der Waals surface area contributed by atoms with E-state index >= 15 is 0 Å². The zero-order valence-corrected chi connectivity index (χ0v) is 15.4. The average Bonchev–Trinajstić information content (AvgIpc) is 3.30. The number of aliphatic imine (C=N–C) groups is 1. The molecule has 2 aliphatic heterocycles. The summed E-state index contributed by atoms with van der Waals surface area (Å²) in [6.07, 6.45) is 5.50. The molecule has 2 heterocycles. The molecule has 0 aromatic rings. The Hall–Kier alpha value is -0.0800. The van der Waals surface area contributed by atoms with Crippen LogP contribution in [0.4, 0.5) is 0 Å². The van der Waals surface area contributed by atoms with Crippen LogP contribution >= 0.6 is 24.0 Å². The van der Waals surface area contributed by atoms with E-state index in [1.807, 2.05) is 0 Å². The molecule has 3 fully saturated rings. The molecule has 2 atom stereocenters. The number of hydrogen-bond acceptors (Lipinski definition) is 3. The summed E-state index contributed by atoms with van der Waals surface area (Å²) in [6.45, 7) is 8.06. The van der Waals surface area contributed by atoms with E-state index in [1.54, 1.807) is 0 Å². The van der Waals surface area contributed by atoms with Crippen molar-refractivity contribution in [3.63, 3.8) is 0 Å². The maximum atomic E-state index is 6.14. The molecule has 122 valence electrons. The normalized spacial score (nSPS) is 31.9. The monoisotopic (exact) mass is 408 g/mol. The number of nitrogens with two attached hydrogens (primary N) is 1. The number of halogens is 1. The lowest BCUT2D eigenvalue weighted by Gasteiger charge is -2.33. The van der Waals surface area contributed by atoms with Crippen molar-refractivity contribution in [2.24, 2.45) is 16.6 Å². The summed E-state index contributed by atoms with van der Waals surface area (Å²) in [5.74, 6) is 1.44. The standard InChI is InChI=1S/C15H28N4O.HI/c1-12-3-2-6-19(10-12)15(16)17-9-14-11-18(7-8-20-14)13-4-5-13;/h12-14H,2-11H2,1H3,(H2,16,17);1H. The van der Waals surface area contributed by atoms with Crippen molar-refractivity contribution in [1.29, 1.82) is 0 Å². The Bertz CT molecular complexity index is 362. The van der Waals surface area contributed by atoms with Gasteiger partial charge in [0.25, 0.3) is 0 Å². The molecule has 3 aliphatic rings. The summed E-state index contributed by atoms with van der Waals surface area (Å²) in [6, 6.07) is 0.825. The van der Waals surface area contributed by atoms with Gasteiger partial charge in [0, 0.05) is 32.2 Å². The minimum atomic E-state index is 0. The van der Waals surface area contributed by atoms with Crippen LogP contribution in [0.1, 0.15) is 32.6 Å². The Kier molecular flexibility index (Phi) is 6.55. The molecule has 1 aliphatic carbocycles. The Labute approximate surface area is 145 Å². The number of nitrogens with zero attached hydrogens (tertiary/aromatic N) is 3. The largest absolute Gasteiger partial charge is 0.374 e. The second-order valence-corrected chi connectivity index (χ2v) is 6.61. The lowest BCUT2D eigenvalue weighted by Crippen LogP contribution is -2.46. The van der Waals surface area contributed by atoms with E-state index in [-0.39, 0.29) is 30.1 Å². The number of hydrogen-bond donors (Lipinski definition) is 1. The van der Waals surface area contributed by atoms with Gasteiger partial charge in [0.1, 0.15) is 0 Å². The van der Waals surface area contributed by atoms with Crippen LogP contribution in [0.3, 0.4) is 0 Å². The van der Waals surface area contributed by atoms with Crippen LogP contribution in [0, 0.1) is 5.92 Å². The van der Waals surface area contributed by atoms with Crippen LogP contribution < -0.4 is 5.73 Å². The average molecular weight is 408 g/mol. The first kappa shape index (κ1) is 17.3. The van der Waals surface area contributed by atoms with Crippen LogP contribution in [-0.2, 0) is 4.74 Å². The van der Waals surface area contributed by atoms with E-state index in [0.29, 0.717) is 12.5 Å². The van der Waals surface area contributed by atoms with E-state index in [9.17, 15) is 0 Å². The summed E-state index contributed by atoms with van der Waals surface area (Å²) in [5.41, 5.74) is 6.14. The highest BCUT2D eigenvalue weighted by molar-refractivity contribution is 14.0. The molecule has 1 saturated carbocycles. The summed E-state index contributed by atoms with van der Waals surface area (Å²) in [4.78, 5) is 9.38. The number of ether oxygens (including phenoxy) is 1. The molecule has 2 unspecified atom stereocenters. The molecule has 0 aromatic heterocycles. The molecule has 3 rings (SSSR count). The van der Waals surface area contributed by atoms with Gasteiger partial charge >= 0.3 is 0 Å². The molecule has 6 heteroatoms. The van der Waals surface area contributed by atoms with Gasteiger partial charge in [-0.05, 0) is 31.6 Å². The Morgan fingerprint density at radius 2 is 2.05 bits per heavy atom. The minimum absolute atomic E-state index is 0. The zero-order valence-electron chi connectivity index (χ0n) is 13.0. The van der Waals surface area contributed by atoms with Crippen molar-refractivity contribution >= 4 is 29.9 Å². The Morgan fingerprint density at radius 3 is 2.76 bits per heavy atom. The van der Waals surface area contributed by atoms with Gasteiger partial charge in [-0.2, -0.15) is 0 Å². The lowest BCUT2D eigenvalue weighted by atomic mass is 10.0. The summed E-state index contributed by atoms with van der Waals surface area (Å²) in [5, 5.41) is 0. The van der Waals surface area contributed by atoms with Gasteiger partial charge in [-0.1, -0.05) is 6.92 Å². The fraction of sp³-hybridized carbons (Fsp3) is 0.933. The number of morpholine rings is 1. The molecular formula is C15H29IN4O. The summed E-state index contributed by atoms with van der Waals surface area (Å²) < 4.78 is 5.82. The van der Waals surface area contributed by atoms with Gasteiger partial charge in [-0.15, -0.1) is 24.0 Å². The third kappa shape index (κ3) is 4.96. The molecule has 0 bridgehead atoms. The van der Waals surface area contributed by atoms with Crippen LogP contribution in [0.5, 0.6) is 0 Å². The van der Waals surface area contributed by atoms with Crippen molar-refractivity contribution in [3.05, 3.63) is 0 Å². The fourth-order valence-corrected chi connectivity index (χ4v) is 3.32. The molecule has 0 amide bonds. The molecule has 0 radical (unpaired) electrons. The van der Waals surface area contributed by atoms with Crippen molar-refractivity contribution in [1.82, 2.24) is 9.80 Å². The number of rotatable bonds is 3. The van der Waals surface area contributed by atoms with Gasteiger partial charge in [0.05, 0.1) is 19.3 Å². The smallest absolute Gasteiger partial charge is 0.191 e. The number of piperidine rings is 1. The predicted octanol–water partition coefficient (Wildman–Crippen LogP) is 1.51. The highest BCUT2D eigenvalue weighted by Crippen LogP contribution is 2.28. The highest BCUT2D eigenvalue weighted by atomic mass is 127. The quantitative estimate of drug-likeness (QED) is 0.437. The van der Waals surface area contributed by atoms with Crippen molar-refractivity contribution in [3.8, 4) is 0 Å². The van der Waals surface area contributed by atoms with E-state index in [0.717, 1.165) is 44.7 Å². The molecule has 2 N–H and O–H groups in total. The summed E-state index contributed by atoms with van der Waals surface area (Å²) >= 11 is 0. The third-order valence-electron chi connectivity index (χ3n) is 4.67. The fourth-order valence-electron chi connectivity index (χ4n) is 3.32. The number of likely N-dealkylation sites (tertiary alicyclic amines) is 1. The second kappa shape index (κ2) is 7.97. The molecule has 5 nitrogen and oxygen atoms in total. The lowest BCUT2D eigenvalue weighted by molar-refractivity contribution is -0.0260. The molecule has 0 spiro atoms. The SMILES string of the molecule is CC1CCCN(C(N)=NCC2CN(C3CC3)CCO2)C1.I. The molecule has 2 saturated heterocycles. The van der Waals surface area contributed by atoms with E-state index in [1.165, 1.54) is 25.7 Å². The van der Waals surface area contributed by atoms with Crippen LogP contribution in [0.2, 0.25) is 0 Å². The summed E-state index contributed by atoms with van der Waals surface area (Å²) in [7, 11) is 0. The number of guanidine groups is 1. The maximum absolute atomic E-state index is 6.14. The minimum Gasteiger partial charge on any atom is -0.374 e.